The van der Waals surface area contributed by atoms with Crippen LogP contribution in [0.25, 0.3) is 17.1 Å². The molecule has 11 heteroatoms. The smallest absolute Gasteiger partial charge is 0.277 e. The van der Waals surface area contributed by atoms with E-state index in [1.165, 1.54) is 29.0 Å². The molecule has 0 unspecified atom stereocenters. The van der Waals surface area contributed by atoms with Gasteiger partial charge in [-0.05, 0) is 45.2 Å². The fourth-order valence-electron chi connectivity index (χ4n) is 3.35. The Balaban J connectivity index is 1.75. The predicted octanol–water partition coefficient (Wildman–Crippen LogP) is 4.44. The van der Waals surface area contributed by atoms with Gasteiger partial charge in [-0.25, -0.2) is 18.7 Å². The average Bonchev–Trinajstić information content (AvgIpc) is 2.90. The van der Waals surface area contributed by atoms with Gasteiger partial charge in [0.05, 0.1) is 23.3 Å². The highest BCUT2D eigenvalue weighted by Crippen LogP contribution is 2.27. The quantitative estimate of drug-likeness (QED) is 0.401. The largest absolute Gasteiger partial charge is 0.485 e. The second-order valence-electron chi connectivity index (χ2n) is 7.81. The van der Waals surface area contributed by atoms with Gasteiger partial charge in [-0.1, -0.05) is 11.6 Å². The number of ether oxygens (including phenoxy) is 1. The van der Waals surface area contributed by atoms with E-state index in [0.29, 0.717) is 23.0 Å². The third-order valence-electron chi connectivity index (χ3n) is 5.11. The monoisotopic (exact) mass is 519 g/mol. The van der Waals surface area contributed by atoms with E-state index in [1.807, 2.05) is 0 Å². The number of aromatic nitrogens is 5. The van der Waals surface area contributed by atoms with Crippen LogP contribution in [-0.2, 0) is 12.2 Å². The Morgan fingerprint density at radius 3 is 2.64 bits per heavy atom. The van der Waals surface area contributed by atoms with Gasteiger partial charge in [0.25, 0.3) is 5.56 Å². The van der Waals surface area contributed by atoms with E-state index in [4.69, 9.17) is 24.6 Å². The maximum atomic E-state index is 14.0. The summed E-state index contributed by atoms with van der Waals surface area (Å²) in [6, 6.07) is 4.84. The van der Waals surface area contributed by atoms with Crippen LogP contribution in [0.15, 0.2) is 47.7 Å². The topological polar surface area (TPSA) is 103 Å². The van der Waals surface area contributed by atoms with Crippen LogP contribution in [0.3, 0.4) is 0 Å². The number of rotatable bonds is 6. The van der Waals surface area contributed by atoms with Crippen molar-refractivity contribution >= 4 is 11.6 Å². The normalized spacial score (nSPS) is 14.7. The Kier molecular flexibility index (Phi) is 4.99. The molecule has 4 rings (SSSR count). The van der Waals surface area contributed by atoms with Crippen molar-refractivity contribution in [2.75, 3.05) is 0 Å². The molecule has 4 heterocycles. The molecule has 0 atom stereocenters. The maximum Gasteiger partial charge on any atom is 0.277 e. The van der Waals surface area contributed by atoms with Crippen LogP contribution in [0.5, 0.6) is 5.75 Å². The first-order chi connectivity index (χ1) is 19.5. The summed E-state index contributed by atoms with van der Waals surface area (Å²) in [5.74, 6) is -2.71. The van der Waals surface area contributed by atoms with Gasteiger partial charge < -0.3 is 9.84 Å². The van der Waals surface area contributed by atoms with Crippen molar-refractivity contribution in [1.29, 1.82) is 0 Å². The van der Waals surface area contributed by atoms with E-state index in [9.17, 15) is 18.7 Å². The number of aryl methyl sites for hydroxylation is 2. The van der Waals surface area contributed by atoms with E-state index >= 15 is 0 Å². The number of hydrogen-bond donors (Lipinski definition) is 1. The maximum absolute atomic E-state index is 14.0. The molecule has 186 valence electrons. The highest BCUT2D eigenvalue weighted by Gasteiger charge is 2.21. The summed E-state index contributed by atoms with van der Waals surface area (Å²) < 4.78 is 79.7. The molecule has 0 saturated carbocycles. The molecule has 0 radical (unpaired) electrons. The van der Waals surface area contributed by atoms with E-state index in [-0.39, 0.29) is 27.9 Å². The zero-order valence-corrected chi connectivity index (χ0v) is 19.6. The summed E-state index contributed by atoms with van der Waals surface area (Å²) in [7, 11) is 0. The van der Waals surface area contributed by atoms with Crippen LogP contribution in [0.2, 0.25) is 5.02 Å². The van der Waals surface area contributed by atoms with Crippen LogP contribution < -0.4 is 10.3 Å². The zero-order chi connectivity index (χ0) is 31.2. The molecule has 0 aliphatic carbocycles. The minimum atomic E-state index is -3.40. The lowest BCUT2D eigenvalue weighted by Crippen LogP contribution is -2.23. The molecule has 4 aromatic heterocycles. The van der Waals surface area contributed by atoms with Crippen LogP contribution in [0.4, 0.5) is 8.78 Å². The lowest BCUT2D eigenvalue weighted by molar-refractivity contribution is 0.0688. The SMILES string of the molecule is [2H]C([2H])([2H])C(O)(c1nccc(-c2cc(-n3c(C)cc(OCc4ncc(F)cc4F)c(Cl)c3=O)c(C)cn2)n1)C([2H])([2H])[2H]. The first kappa shape index (κ1) is 18.5. The lowest BCUT2D eigenvalue weighted by Gasteiger charge is -2.17. The molecule has 8 nitrogen and oxygen atoms in total. The molecule has 0 aliphatic heterocycles. The fraction of sp³-hybridized carbons (Fsp3) is 0.240. The molecular weight excluding hydrogens is 492 g/mol. The molecule has 0 amide bonds. The lowest BCUT2D eigenvalue weighted by atomic mass is 10.1. The Morgan fingerprint density at radius 1 is 1.14 bits per heavy atom. The third-order valence-corrected chi connectivity index (χ3v) is 5.45. The van der Waals surface area contributed by atoms with Gasteiger partial charge in [0, 0.05) is 38.4 Å². The van der Waals surface area contributed by atoms with Crippen LogP contribution in [0, 0.1) is 25.5 Å². The van der Waals surface area contributed by atoms with Crippen molar-refractivity contribution in [1.82, 2.24) is 24.5 Å². The second kappa shape index (κ2) is 9.71. The van der Waals surface area contributed by atoms with Gasteiger partial charge >= 0.3 is 0 Å². The number of aliphatic hydroxyl groups is 1. The van der Waals surface area contributed by atoms with Crippen molar-refractivity contribution in [2.24, 2.45) is 0 Å². The molecule has 0 bridgehead atoms. The van der Waals surface area contributed by atoms with E-state index in [0.717, 1.165) is 12.4 Å². The third kappa shape index (κ3) is 5.09. The summed E-state index contributed by atoms with van der Waals surface area (Å²) in [6.45, 7) is -3.98. The van der Waals surface area contributed by atoms with Crippen molar-refractivity contribution in [3.05, 3.63) is 92.6 Å². The van der Waals surface area contributed by atoms with Crippen LogP contribution in [0.1, 0.15) is 44.7 Å². The molecule has 1 N–H and O–H groups in total. The minimum Gasteiger partial charge on any atom is -0.485 e. The molecule has 0 aliphatic rings. The summed E-state index contributed by atoms with van der Waals surface area (Å²) in [6.07, 6.45) is 3.31. The molecule has 36 heavy (non-hydrogen) atoms. The molecule has 0 saturated heterocycles. The van der Waals surface area contributed by atoms with Crippen molar-refractivity contribution in [2.45, 2.75) is 39.8 Å². The number of halogens is 3. The van der Waals surface area contributed by atoms with Crippen LogP contribution >= 0.6 is 11.6 Å². The standard InChI is InChI=1S/C25H22ClF2N5O3/c1-13-10-30-18(17-5-6-29-24(32-17)25(3,4)35)9-20(13)33-14(2)7-21(22(26)23(33)34)36-12-19-16(28)8-15(27)11-31-19/h5-11,35H,12H2,1-4H3/i3D3,4D3. The summed E-state index contributed by atoms with van der Waals surface area (Å²) in [5.41, 5.74) is -3.05. The van der Waals surface area contributed by atoms with Gasteiger partial charge in [-0.3, -0.25) is 19.3 Å². The Labute approximate surface area is 218 Å². The summed E-state index contributed by atoms with van der Waals surface area (Å²) in [5, 5.41) is 10.5. The first-order valence-corrected chi connectivity index (χ1v) is 10.7. The number of nitrogens with zero attached hydrogens (tertiary/aromatic N) is 5. The number of pyridine rings is 3. The molecule has 0 spiro atoms. The van der Waals surface area contributed by atoms with Crippen molar-refractivity contribution in [3.8, 4) is 22.8 Å². The summed E-state index contributed by atoms with van der Waals surface area (Å²) in [4.78, 5) is 29.0. The van der Waals surface area contributed by atoms with Gasteiger partial charge in [0.2, 0.25) is 0 Å². The zero-order valence-electron chi connectivity index (χ0n) is 24.9. The number of hydrogen-bond acceptors (Lipinski definition) is 7. The van der Waals surface area contributed by atoms with Gasteiger partial charge in [0.15, 0.2) is 11.6 Å². The molecular formula is C25H22ClF2N5O3. The Hall–Kier alpha value is -3.76. The van der Waals surface area contributed by atoms with E-state index in [1.54, 1.807) is 13.8 Å². The van der Waals surface area contributed by atoms with Crippen molar-refractivity contribution < 1.29 is 26.8 Å². The Bertz CT molecular complexity index is 1720. The van der Waals surface area contributed by atoms with Gasteiger partial charge in [-0.15, -0.1) is 0 Å². The first-order valence-electron chi connectivity index (χ1n) is 13.3. The highest BCUT2D eigenvalue weighted by molar-refractivity contribution is 6.31. The van der Waals surface area contributed by atoms with Gasteiger partial charge in [-0.2, -0.15) is 0 Å². The molecule has 0 aromatic carbocycles. The van der Waals surface area contributed by atoms with E-state index < -0.39 is 48.9 Å². The second-order valence-corrected chi connectivity index (χ2v) is 8.19. The predicted molar refractivity (Wildman–Crippen MR) is 129 cm³/mol. The fourth-order valence-corrected chi connectivity index (χ4v) is 3.54. The van der Waals surface area contributed by atoms with Gasteiger partial charge in [0.1, 0.15) is 34.5 Å². The molecule has 4 aromatic rings. The minimum absolute atomic E-state index is 0.0289. The highest BCUT2D eigenvalue weighted by atomic mass is 35.5. The van der Waals surface area contributed by atoms with Crippen LogP contribution in [-0.4, -0.2) is 29.6 Å². The Morgan fingerprint density at radius 2 is 1.92 bits per heavy atom. The summed E-state index contributed by atoms with van der Waals surface area (Å²) >= 11 is 6.31. The molecule has 0 fully saturated rings. The van der Waals surface area contributed by atoms with E-state index in [2.05, 4.69) is 19.9 Å². The average molecular weight is 520 g/mol. The van der Waals surface area contributed by atoms with Crippen molar-refractivity contribution in [3.63, 3.8) is 0 Å².